The van der Waals surface area contributed by atoms with E-state index >= 15 is 0 Å². The van der Waals surface area contributed by atoms with Gasteiger partial charge in [-0.1, -0.05) is 271 Å². The standard InChI is InChI=1S/C72H122O6/c1-4-7-10-13-16-19-22-25-28-31-32-33-34-35-36-37-38-39-40-42-44-47-50-53-56-59-62-65-71(74)77-68-69(67-76-70(73)64-61-58-55-52-49-46-43-30-27-24-21-18-15-12-9-6-3)78-72(75)66-63-60-57-54-51-48-45-41-29-26-23-20-17-14-11-8-5-2/h7,10,16,19,25-26,28-30,32-33,35-36,38-39,42-44,69H,4-6,8-9,11-15,17-18,20-24,27,31,34,37,40-41,45-68H2,1-3H3/b10-7-,19-16-,28-25-,29-26-,33-32-,36-35-,39-38-,43-30-,44-42-. The van der Waals surface area contributed by atoms with Crippen LogP contribution in [0.5, 0.6) is 0 Å². The number of esters is 3. The number of allylic oxidation sites excluding steroid dienone is 18. The molecule has 1 unspecified atom stereocenters. The molecule has 1 atom stereocenters. The lowest BCUT2D eigenvalue weighted by Gasteiger charge is -2.18. The van der Waals surface area contributed by atoms with Crippen LogP contribution in [0.2, 0.25) is 0 Å². The highest BCUT2D eigenvalue weighted by Crippen LogP contribution is 2.15. The molecular weight excluding hydrogens is 961 g/mol. The zero-order valence-electron chi connectivity index (χ0n) is 51.2. The van der Waals surface area contributed by atoms with Gasteiger partial charge in [0.2, 0.25) is 0 Å². The molecule has 0 fully saturated rings. The minimum atomic E-state index is -0.795. The molecule has 0 aliphatic heterocycles. The highest BCUT2D eigenvalue weighted by atomic mass is 16.6. The van der Waals surface area contributed by atoms with Crippen molar-refractivity contribution in [2.24, 2.45) is 0 Å². The van der Waals surface area contributed by atoms with Crippen LogP contribution in [0.3, 0.4) is 0 Å². The third kappa shape index (κ3) is 62.9. The zero-order valence-corrected chi connectivity index (χ0v) is 51.2. The van der Waals surface area contributed by atoms with Crippen molar-refractivity contribution >= 4 is 17.9 Å². The van der Waals surface area contributed by atoms with E-state index in [0.717, 1.165) is 128 Å². The van der Waals surface area contributed by atoms with Crippen LogP contribution in [0.4, 0.5) is 0 Å². The lowest BCUT2D eigenvalue weighted by Crippen LogP contribution is -2.30. The van der Waals surface area contributed by atoms with Gasteiger partial charge in [0.15, 0.2) is 6.10 Å². The highest BCUT2D eigenvalue weighted by Gasteiger charge is 2.19. The Hall–Kier alpha value is -3.93. The molecule has 0 radical (unpaired) electrons. The van der Waals surface area contributed by atoms with Crippen molar-refractivity contribution in [3.63, 3.8) is 0 Å². The van der Waals surface area contributed by atoms with Crippen LogP contribution in [-0.4, -0.2) is 37.2 Å². The number of rotatable bonds is 59. The van der Waals surface area contributed by atoms with Gasteiger partial charge in [0.05, 0.1) is 0 Å². The molecule has 0 aromatic carbocycles. The minimum absolute atomic E-state index is 0.0902. The Morgan fingerprint density at radius 3 is 0.795 bits per heavy atom. The van der Waals surface area contributed by atoms with Crippen LogP contribution in [-0.2, 0) is 28.6 Å². The molecule has 6 heteroatoms. The van der Waals surface area contributed by atoms with E-state index in [2.05, 4.69) is 130 Å². The topological polar surface area (TPSA) is 78.9 Å². The van der Waals surface area contributed by atoms with Crippen molar-refractivity contribution in [3.8, 4) is 0 Å². The maximum Gasteiger partial charge on any atom is 0.306 e. The number of hydrogen-bond donors (Lipinski definition) is 0. The van der Waals surface area contributed by atoms with Gasteiger partial charge in [0.25, 0.3) is 0 Å². The van der Waals surface area contributed by atoms with Gasteiger partial charge in [0.1, 0.15) is 13.2 Å². The summed E-state index contributed by atoms with van der Waals surface area (Å²) in [5.41, 5.74) is 0. The van der Waals surface area contributed by atoms with E-state index < -0.39 is 6.10 Å². The molecule has 0 saturated carbocycles. The Balaban J connectivity index is 4.41. The van der Waals surface area contributed by atoms with Gasteiger partial charge in [-0.05, 0) is 128 Å². The van der Waals surface area contributed by atoms with E-state index in [1.54, 1.807) is 0 Å². The van der Waals surface area contributed by atoms with Crippen LogP contribution in [0.1, 0.15) is 310 Å². The van der Waals surface area contributed by atoms with Crippen molar-refractivity contribution < 1.29 is 28.6 Å². The van der Waals surface area contributed by atoms with E-state index in [9.17, 15) is 14.4 Å². The van der Waals surface area contributed by atoms with Crippen molar-refractivity contribution in [1.29, 1.82) is 0 Å². The summed E-state index contributed by atoms with van der Waals surface area (Å²) in [7, 11) is 0. The molecule has 0 amide bonds. The smallest absolute Gasteiger partial charge is 0.306 e. The molecule has 0 aliphatic carbocycles. The van der Waals surface area contributed by atoms with Gasteiger partial charge in [-0.3, -0.25) is 14.4 Å². The fourth-order valence-electron chi connectivity index (χ4n) is 9.06. The van der Waals surface area contributed by atoms with E-state index in [0.29, 0.717) is 19.3 Å². The summed E-state index contributed by atoms with van der Waals surface area (Å²) in [5.74, 6) is -0.913. The van der Waals surface area contributed by atoms with Crippen molar-refractivity contribution in [3.05, 3.63) is 109 Å². The first-order valence-corrected chi connectivity index (χ1v) is 32.9. The van der Waals surface area contributed by atoms with E-state index in [4.69, 9.17) is 14.2 Å². The predicted molar refractivity (Wildman–Crippen MR) is 339 cm³/mol. The molecule has 0 aromatic heterocycles. The number of carbonyl (C=O) groups is 3. The SMILES string of the molecule is CC/C=C\C/C=C\C/C=C\C/C=C\C/C=C\C/C=C\C/C=C\CCCCCCCC(=O)OCC(COC(=O)CCCCCCC/C=C\CCCCCCCCC)OC(=O)CCCCCCCCC/C=C\CCCCCCCC. The van der Waals surface area contributed by atoms with Gasteiger partial charge in [-0.25, -0.2) is 0 Å². The molecule has 0 aromatic rings. The number of carbonyl (C=O) groups excluding carboxylic acids is 3. The molecule has 6 nitrogen and oxygen atoms in total. The monoisotopic (exact) mass is 1080 g/mol. The zero-order chi connectivity index (χ0) is 56.4. The fourth-order valence-corrected chi connectivity index (χ4v) is 9.06. The summed E-state index contributed by atoms with van der Waals surface area (Å²) >= 11 is 0. The summed E-state index contributed by atoms with van der Waals surface area (Å²) in [6.45, 7) is 6.52. The summed E-state index contributed by atoms with van der Waals surface area (Å²) < 4.78 is 16.9. The molecule has 0 saturated heterocycles. The second kappa shape index (κ2) is 65.6. The largest absolute Gasteiger partial charge is 0.462 e. The minimum Gasteiger partial charge on any atom is -0.462 e. The van der Waals surface area contributed by atoms with Crippen LogP contribution in [0.25, 0.3) is 0 Å². The molecular formula is C72H122O6. The van der Waals surface area contributed by atoms with Crippen LogP contribution in [0.15, 0.2) is 109 Å². The average molecular weight is 1080 g/mol. The number of ether oxygens (including phenoxy) is 3. The fraction of sp³-hybridized carbons (Fsp3) is 0.708. The predicted octanol–water partition coefficient (Wildman–Crippen LogP) is 22.6. The third-order valence-corrected chi connectivity index (χ3v) is 14.0. The number of unbranched alkanes of at least 4 members (excludes halogenated alkanes) is 30. The van der Waals surface area contributed by atoms with E-state index in [1.165, 1.54) is 141 Å². The Labute approximate surface area is 482 Å². The maximum absolute atomic E-state index is 12.9. The molecule has 0 rings (SSSR count). The van der Waals surface area contributed by atoms with Crippen LogP contribution in [0, 0.1) is 0 Å². The first-order valence-electron chi connectivity index (χ1n) is 32.9. The normalized spacial score (nSPS) is 12.8. The molecule has 446 valence electrons. The Kier molecular flexibility index (Phi) is 62.3. The summed E-state index contributed by atoms with van der Waals surface area (Å²) in [4.78, 5) is 38.4. The first-order chi connectivity index (χ1) is 38.5. The second-order valence-corrected chi connectivity index (χ2v) is 21.6. The lowest BCUT2D eigenvalue weighted by molar-refractivity contribution is -0.167. The molecule has 0 heterocycles. The summed E-state index contributed by atoms with van der Waals surface area (Å²) in [5, 5.41) is 0. The average Bonchev–Trinajstić information content (AvgIpc) is 3.44. The molecule has 0 N–H and O–H groups in total. The second-order valence-electron chi connectivity index (χ2n) is 21.6. The van der Waals surface area contributed by atoms with Gasteiger partial charge in [-0.2, -0.15) is 0 Å². The summed E-state index contributed by atoms with van der Waals surface area (Å²) in [6.07, 6.45) is 89.4. The molecule has 0 aliphatic rings. The maximum atomic E-state index is 12.9. The van der Waals surface area contributed by atoms with E-state index in [-0.39, 0.29) is 31.1 Å². The third-order valence-electron chi connectivity index (χ3n) is 14.0. The van der Waals surface area contributed by atoms with Gasteiger partial charge >= 0.3 is 17.9 Å². The highest BCUT2D eigenvalue weighted by molar-refractivity contribution is 5.71. The van der Waals surface area contributed by atoms with Gasteiger partial charge in [-0.15, -0.1) is 0 Å². The Bertz CT molecular complexity index is 1570. The summed E-state index contributed by atoms with van der Waals surface area (Å²) in [6, 6.07) is 0. The first kappa shape index (κ1) is 74.1. The molecule has 0 bridgehead atoms. The Morgan fingerprint density at radius 1 is 0.269 bits per heavy atom. The van der Waals surface area contributed by atoms with Crippen LogP contribution < -0.4 is 0 Å². The van der Waals surface area contributed by atoms with Crippen molar-refractivity contribution in [1.82, 2.24) is 0 Å². The molecule has 0 spiro atoms. The van der Waals surface area contributed by atoms with Crippen LogP contribution >= 0.6 is 0 Å². The van der Waals surface area contributed by atoms with Gasteiger partial charge in [0, 0.05) is 19.3 Å². The lowest BCUT2D eigenvalue weighted by atomic mass is 10.1. The van der Waals surface area contributed by atoms with E-state index in [1.807, 2.05) is 0 Å². The quantitative estimate of drug-likeness (QED) is 0.0261. The molecule has 78 heavy (non-hydrogen) atoms. The van der Waals surface area contributed by atoms with Gasteiger partial charge < -0.3 is 14.2 Å². The van der Waals surface area contributed by atoms with Crippen molar-refractivity contribution in [2.75, 3.05) is 13.2 Å². The Morgan fingerprint density at radius 2 is 0.500 bits per heavy atom. The number of hydrogen-bond acceptors (Lipinski definition) is 6. The van der Waals surface area contributed by atoms with Crippen molar-refractivity contribution in [2.45, 2.75) is 316 Å².